The Morgan fingerprint density at radius 1 is 1.26 bits per heavy atom. The zero-order valence-electron chi connectivity index (χ0n) is 12.4. The van der Waals surface area contributed by atoms with E-state index in [-0.39, 0.29) is 17.3 Å². The minimum Gasteiger partial charge on any atom is -0.382 e. The average molecular weight is 310 g/mol. The summed E-state index contributed by atoms with van der Waals surface area (Å²) in [5.74, 6) is 0.325. The molecule has 0 bridgehead atoms. The van der Waals surface area contributed by atoms with E-state index in [1.165, 1.54) is 13.2 Å². The highest BCUT2D eigenvalue weighted by atomic mass is 16.5. The summed E-state index contributed by atoms with van der Waals surface area (Å²) in [6.45, 7) is 0. The molecule has 0 saturated carbocycles. The molecule has 0 aliphatic heterocycles. The van der Waals surface area contributed by atoms with Gasteiger partial charge in [-0.2, -0.15) is 4.98 Å². The van der Waals surface area contributed by atoms with Crippen molar-refractivity contribution in [3.8, 4) is 11.5 Å². The van der Waals surface area contributed by atoms with Gasteiger partial charge in [-0.15, -0.1) is 0 Å². The van der Waals surface area contributed by atoms with Gasteiger partial charge in [0, 0.05) is 7.05 Å². The second-order valence-corrected chi connectivity index (χ2v) is 4.74. The Kier molecular flexibility index (Phi) is 3.96. The number of nitrogen functional groups attached to an aromatic ring is 1. The van der Waals surface area contributed by atoms with Gasteiger partial charge in [-0.3, -0.25) is 4.79 Å². The lowest BCUT2D eigenvalue weighted by Crippen LogP contribution is -2.21. The standard InChI is InChI=1S/C15H14N6O2/c1-17-15(22)12-13(16)18-8-10(19-12)14-20-11(23-21-14)7-9-5-3-2-4-6-9/h2-6,8H,7H2,1H3,(H2,16,18)(H,17,22). The number of hydrogen-bond donors (Lipinski definition) is 2. The number of carbonyl (C=O) groups excluding carboxylic acids is 1. The number of anilines is 1. The van der Waals surface area contributed by atoms with E-state index in [0.717, 1.165) is 5.56 Å². The first-order valence-electron chi connectivity index (χ1n) is 6.89. The molecule has 0 saturated heterocycles. The Labute approximate surface area is 131 Å². The molecule has 23 heavy (non-hydrogen) atoms. The second-order valence-electron chi connectivity index (χ2n) is 4.74. The van der Waals surface area contributed by atoms with Gasteiger partial charge < -0.3 is 15.6 Å². The molecule has 1 aromatic carbocycles. The fourth-order valence-corrected chi connectivity index (χ4v) is 1.99. The summed E-state index contributed by atoms with van der Waals surface area (Å²) in [6.07, 6.45) is 1.91. The van der Waals surface area contributed by atoms with Crippen molar-refractivity contribution >= 4 is 11.7 Å². The van der Waals surface area contributed by atoms with E-state index < -0.39 is 5.91 Å². The largest absolute Gasteiger partial charge is 0.382 e. The molecule has 116 valence electrons. The molecule has 3 rings (SSSR count). The van der Waals surface area contributed by atoms with E-state index in [1.54, 1.807) is 0 Å². The SMILES string of the molecule is CNC(=O)c1nc(-c2noc(Cc3ccccc3)n2)cnc1N. The fraction of sp³-hybridized carbons (Fsp3) is 0.133. The van der Waals surface area contributed by atoms with E-state index in [4.69, 9.17) is 10.3 Å². The molecule has 3 aromatic rings. The van der Waals surface area contributed by atoms with E-state index in [0.29, 0.717) is 18.0 Å². The van der Waals surface area contributed by atoms with Crippen LogP contribution in [0.15, 0.2) is 41.1 Å². The number of benzene rings is 1. The summed E-state index contributed by atoms with van der Waals surface area (Å²) in [7, 11) is 1.49. The number of rotatable bonds is 4. The number of carbonyl (C=O) groups is 1. The lowest BCUT2D eigenvalue weighted by Gasteiger charge is -2.03. The predicted octanol–water partition coefficient (Wildman–Crippen LogP) is 1.06. The molecular weight excluding hydrogens is 296 g/mol. The quantitative estimate of drug-likeness (QED) is 0.739. The van der Waals surface area contributed by atoms with Gasteiger partial charge >= 0.3 is 0 Å². The third-order valence-corrected chi connectivity index (χ3v) is 3.14. The van der Waals surface area contributed by atoms with Crippen molar-refractivity contribution in [2.45, 2.75) is 6.42 Å². The maximum atomic E-state index is 11.7. The van der Waals surface area contributed by atoms with E-state index >= 15 is 0 Å². The van der Waals surface area contributed by atoms with E-state index in [9.17, 15) is 4.79 Å². The summed E-state index contributed by atoms with van der Waals surface area (Å²) >= 11 is 0. The molecule has 2 aromatic heterocycles. The molecule has 8 nitrogen and oxygen atoms in total. The van der Waals surface area contributed by atoms with Crippen LogP contribution in [0.3, 0.4) is 0 Å². The second kappa shape index (κ2) is 6.22. The summed E-state index contributed by atoms with van der Waals surface area (Å²) in [6, 6.07) is 9.75. The van der Waals surface area contributed by atoms with Crippen LogP contribution < -0.4 is 11.1 Å². The number of amides is 1. The van der Waals surface area contributed by atoms with Crippen LogP contribution in [0.25, 0.3) is 11.5 Å². The predicted molar refractivity (Wildman–Crippen MR) is 82.4 cm³/mol. The third-order valence-electron chi connectivity index (χ3n) is 3.14. The van der Waals surface area contributed by atoms with Crippen LogP contribution in [-0.2, 0) is 6.42 Å². The molecule has 0 unspecified atom stereocenters. The summed E-state index contributed by atoms with van der Waals surface area (Å²) in [4.78, 5) is 24.1. The van der Waals surface area contributed by atoms with Crippen LogP contribution in [0.4, 0.5) is 5.82 Å². The first kappa shape index (κ1) is 14.6. The molecular formula is C15H14N6O2. The van der Waals surface area contributed by atoms with Gasteiger partial charge in [0.15, 0.2) is 11.5 Å². The maximum absolute atomic E-state index is 11.7. The van der Waals surface area contributed by atoms with Gasteiger partial charge in [-0.05, 0) is 5.56 Å². The average Bonchev–Trinajstić information content (AvgIpc) is 3.04. The normalized spacial score (nSPS) is 10.5. The van der Waals surface area contributed by atoms with Crippen molar-refractivity contribution in [2.24, 2.45) is 0 Å². The fourth-order valence-electron chi connectivity index (χ4n) is 1.99. The Hall–Kier alpha value is -3.29. The van der Waals surface area contributed by atoms with Gasteiger partial charge in [-0.25, -0.2) is 9.97 Å². The number of hydrogen-bond acceptors (Lipinski definition) is 7. The molecule has 0 aliphatic rings. The van der Waals surface area contributed by atoms with Crippen molar-refractivity contribution in [2.75, 3.05) is 12.8 Å². The van der Waals surface area contributed by atoms with Gasteiger partial charge in [0.2, 0.25) is 11.7 Å². The molecule has 0 radical (unpaired) electrons. The highest BCUT2D eigenvalue weighted by Gasteiger charge is 2.16. The minimum absolute atomic E-state index is 0.0272. The third kappa shape index (κ3) is 3.15. The lowest BCUT2D eigenvalue weighted by molar-refractivity contribution is 0.0959. The Morgan fingerprint density at radius 3 is 2.78 bits per heavy atom. The van der Waals surface area contributed by atoms with Crippen LogP contribution >= 0.6 is 0 Å². The molecule has 8 heteroatoms. The van der Waals surface area contributed by atoms with Gasteiger partial charge in [0.05, 0.1) is 12.6 Å². The van der Waals surface area contributed by atoms with Crippen LogP contribution in [0, 0.1) is 0 Å². The number of nitrogens with zero attached hydrogens (tertiary/aromatic N) is 4. The first-order chi connectivity index (χ1) is 11.2. The Balaban J connectivity index is 1.87. The van der Waals surface area contributed by atoms with Crippen LogP contribution in [0.2, 0.25) is 0 Å². The summed E-state index contributed by atoms with van der Waals surface area (Å²) < 4.78 is 5.22. The van der Waals surface area contributed by atoms with Crippen LogP contribution in [0.5, 0.6) is 0 Å². The van der Waals surface area contributed by atoms with E-state index in [1.807, 2.05) is 30.3 Å². The molecule has 0 atom stereocenters. The van der Waals surface area contributed by atoms with Gasteiger partial charge in [0.25, 0.3) is 5.91 Å². The Morgan fingerprint density at radius 2 is 2.04 bits per heavy atom. The maximum Gasteiger partial charge on any atom is 0.273 e. The number of nitrogens with two attached hydrogens (primary N) is 1. The van der Waals surface area contributed by atoms with Gasteiger partial charge in [0.1, 0.15) is 5.69 Å². The van der Waals surface area contributed by atoms with Crippen LogP contribution in [-0.4, -0.2) is 33.1 Å². The topological polar surface area (TPSA) is 120 Å². The van der Waals surface area contributed by atoms with Crippen molar-refractivity contribution in [3.05, 3.63) is 53.7 Å². The van der Waals surface area contributed by atoms with Crippen molar-refractivity contribution in [3.63, 3.8) is 0 Å². The number of nitrogens with one attached hydrogen (secondary N) is 1. The molecule has 1 amide bonds. The lowest BCUT2D eigenvalue weighted by atomic mass is 10.1. The minimum atomic E-state index is -0.426. The monoisotopic (exact) mass is 310 g/mol. The highest BCUT2D eigenvalue weighted by Crippen LogP contribution is 2.16. The molecule has 0 aliphatic carbocycles. The Bertz CT molecular complexity index is 831. The summed E-state index contributed by atoms with van der Waals surface area (Å²) in [5.41, 5.74) is 7.05. The van der Waals surface area contributed by atoms with E-state index in [2.05, 4.69) is 25.4 Å². The smallest absolute Gasteiger partial charge is 0.273 e. The van der Waals surface area contributed by atoms with Crippen molar-refractivity contribution in [1.82, 2.24) is 25.4 Å². The number of aromatic nitrogens is 4. The molecule has 0 spiro atoms. The summed E-state index contributed by atoms with van der Waals surface area (Å²) in [5, 5.41) is 6.33. The van der Waals surface area contributed by atoms with Crippen LogP contribution in [0.1, 0.15) is 21.9 Å². The van der Waals surface area contributed by atoms with Crippen molar-refractivity contribution < 1.29 is 9.32 Å². The molecule has 0 fully saturated rings. The van der Waals surface area contributed by atoms with Crippen molar-refractivity contribution in [1.29, 1.82) is 0 Å². The zero-order chi connectivity index (χ0) is 16.2. The molecule has 3 N–H and O–H groups in total. The first-order valence-corrected chi connectivity index (χ1v) is 6.89. The highest BCUT2D eigenvalue weighted by molar-refractivity contribution is 5.96. The molecule has 2 heterocycles. The van der Waals surface area contributed by atoms with Gasteiger partial charge in [-0.1, -0.05) is 35.5 Å². The zero-order valence-corrected chi connectivity index (χ0v) is 12.4.